The normalized spacial score (nSPS) is 15.0. The van der Waals surface area contributed by atoms with Gasteiger partial charge in [-0.2, -0.15) is 0 Å². The van der Waals surface area contributed by atoms with Crippen LogP contribution in [-0.2, 0) is 4.79 Å². The molecule has 0 spiro atoms. The van der Waals surface area contributed by atoms with E-state index in [-0.39, 0.29) is 24.1 Å². The maximum atomic E-state index is 12.5. The summed E-state index contributed by atoms with van der Waals surface area (Å²) < 4.78 is 40.3. The van der Waals surface area contributed by atoms with Crippen LogP contribution in [0.3, 0.4) is 0 Å². The number of halogens is 3. The van der Waals surface area contributed by atoms with Crippen LogP contribution in [0.2, 0.25) is 0 Å². The summed E-state index contributed by atoms with van der Waals surface area (Å²) >= 11 is 0. The Kier molecular flexibility index (Phi) is 6.56. The van der Waals surface area contributed by atoms with Crippen molar-refractivity contribution in [2.45, 2.75) is 13.3 Å². The fourth-order valence-electron chi connectivity index (χ4n) is 3.03. The number of carbonyl (C=O) groups excluding carboxylic acids is 2. The van der Waals surface area contributed by atoms with Gasteiger partial charge < -0.3 is 15.0 Å². The minimum Gasteiger partial charge on any atom is -0.406 e. The van der Waals surface area contributed by atoms with Crippen molar-refractivity contribution in [2.24, 2.45) is 0 Å². The molecule has 0 aliphatic carbocycles. The van der Waals surface area contributed by atoms with Crippen LogP contribution in [0.5, 0.6) is 5.75 Å². The lowest BCUT2D eigenvalue weighted by Gasteiger charge is -2.34. The summed E-state index contributed by atoms with van der Waals surface area (Å²) in [5.74, 6) is -0.736. The minimum absolute atomic E-state index is 0.0900. The van der Waals surface area contributed by atoms with Crippen LogP contribution < -0.4 is 10.1 Å². The van der Waals surface area contributed by atoms with Crippen LogP contribution in [0.4, 0.5) is 18.9 Å². The summed E-state index contributed by atoms with van der Waals surface area (Å²) in [6, 6.07) is 8.47. The van der Waals surface area contributed by atoms with E-state index >= 15 is 0 Å². The maximum absolute atomic E-state index is 12.5. The lowest BCUT2D eigenvalue weighted by molar-refractivity contribution is -0.274. The molecule has 1 aliphatic rings. The van der Waals surface area contributed by atoms with E-state index in [2.05, 4.69) is 15.0 Å². The number of carbonyl (C=O) groups is 2. The zero-order valence-electron chi connectivity index (χ0n) is 16.3. The van der Waals surface area contributed by atoms with Crippen molar-refractivity contribution in [1.29, 1.82) is 0 Å². The number of nitrogens with zero attached hydrogens (tertiary/aromatic N) is 3. The fraction of sp³-hybridized carbons (Fsp3) is 0.350. The van der Waals surface area contributed by atoms with Crippen molar-refractivity contribution in [3.8, 4) is 5.75 Å². The van der Waals surface area contributed by atoms with Gasteiger partial charge >= 0.3 is 6.36 Å². The molecule has 1 fully saturated rings. The molecule has 1 saturated heterocycles. The molecular formula is C20H21F3N4O3. The van der Waals surface area contributed by atoms with Crippen molar-refractivity contribution in [1.82, 2.24) is 14.8 Å². The SMILES string of the molecule is Cc1ccc(C(=O)N2CCN(CC(=O)Nc3ccc(OC(F)(F)F)cc3)CC2)cn1. The van der Waals surface area contributed by atoms with Crippen LogP contribution in [0.25, 0.3) is 0 Å². The van der Waals surface area contributed by atoms with Crippen LogP contribution in [-0.4, -0.2) is 65.7 Å². The highest BCUT2D eigenvalue weighted by Crippen LogP contribution is 2.24. The molecule has 0 radical (unpaired) electrons. The zero-order valence-corrected chi connectivity index (χ0v) is 16.3. The Balaban J connectivity index is 1.45. The maximum Gasteiger partial charge on any atom is 0.573 e. The molecule has 2 aromatic rings. The van der Waals surface area contributed by atoms with Gasteiger partial charge in [-0.1, -0.05) is 0 Å². The lowest BCUT2D eigenvalue weighted by atomic mass is 10.2. The van der Waals surface area contributed by atoms with E-state index < -0.39 is 6.36 Å². The third-order valence-corrected chi connectivity index (χ3v) is 4.56. The number of pyridine rings is 1. The predicted molar refractivity (Wildman–Crippen MR) is 103 cm³/mol. The first-order valence-corrected chi connectivity index (χ1v) is 9.29. The molecule has 30 heavy (non-hydrogen) atoms. The number of rotatable bonds is 5. The van der Waals surface area contributed by atoms with Crippen molar-refractivity contribution in [3.05, 3.63) is 53.9 Å². The average Bonchev–Trinajstić information content (AvgIpc) is 2.69. The van der Waals surface area contributed by atoms with Crippen molar-refractivity contribution < 1.29 is 27.5 Å². The van der Waals surface area contributed by atoms with Gasteiger partial charge in [-0.15, -0.1) is 13.2 Å². The molecule has 10 heteroatoms. The van der Waals surface area contributed by atoms with Gasteiger partial charge in [-0.25, -0.2) is 0 Å². The Morgan fingerprint density at radius 1 is 1.07 bits per heavy atom. The number of aromatic nitrogens is 1. The second-order valence-corrected chi connectivity index (χ2v) is 6.88. The number of anilines is 1. The molecule has 1 N–H and O–H groups in total. The Bertz CT molecular complexity index is 878. The number of piperazine rings is 1. The van der Waals surface area contributed by atoms with E-state index in [9.17, 15) is 22.8 Å². The summed E-state index contributed by atoms with van der Waals surface area (Å²) in [5, 5.41) is 2.64. The first-order chi connectivity index (χ1) is 14.2. The molecule has 2 amide bonds. The highest BCUT2D eigenvalue weighted by Gasteiger charge is 2.31. The number of benzene rings is 1. The van der Waals surface area contributed by atoms with Gasteiger partial charge in [0.1, 0.15) is 5.75 Å². The monoisotopic (exact) mass is 422 g/mol. The summed E-state index contributed by atoms with van der Waals surface area (Å²) in [6.45, 7) is 4.03. The number of nitrogens with one attached hydrogen (secondary N) is 1. The van der Waals surface area contributed by atoms with Crippen molar-refractivity contribution in [3.63, 3.8) is 0 Å². The topological polar surface area (TPSA) is 74.8 Å². The molecule has 2 heterocycles. The molecule has 1 aromatic carbocycles. The summed E-state index contributed by atoms with van der Waals surface area (Å²) in [6.07, 6.45) is -3.20. The van der Waals surface area contributed by atoms with Gasteiger partial charge in [0, 0.05) is 43.8 Å². The smallest absolute Gasteiger partial charge is 0.406 e. The highest BCUT2D eigenvalue weighted by molar-refractivity contribution is 5.94. The third kappa shape index (κ3) is 6.18. The van der Waals surface area contributed by atoms with E-state index in [4.69, 9.17) is 0 Å². The summed E-state index contributed by atoms with van der Waals surface area (Å²) in [5.41, 5.74) is 1.74. The molecule has 7 nitrogen and oxygen atoms in total. The van der Waals surface area contributed by atoms with Gasteiger partial charge in [0.2, 0.25) is 5.91 Å². The second-order valence-electron chi connectivity index (χ2n) is 6.88. The van der Waals surface area contributed by atoms with Gasteiger partial charge in [0.05, 0.1) is 12.1 Å². The Labute approximate surface area is 171 Å². The second kappa shape index (κ2) is 9.12. The van der Waals surface area contributed by atoms with Crippen LogP contribution in [0.1, 0.15) is 16.1 Å². The molecule has 160 valence electrons. The van der Waals surface area contributed by atoms with Crippen LogP contribution in [0.15, 0.2) is 42.6 Å². The Morgan fingerprint density at radius 2 is 1.73 bits per heavy atom. The van der Waals surface area contributed by atoms with E-state index in [1.54, 1.807) is 23.2 Å². The van der Waals surface area contributed by atoms with Gasteiger partial charge in [0.15, 0.2) is 0 Å². The standard InChI is InChI=1S/C20H21F3N4O3/c1-14-2-3-15(12-24-14)19(29)27-10-8-26(9-11-27)13-18(28)25-16-4-6-17(7-5-16)30-20(21,22)23/h2-7,12H,8-11,13H2,1H3,(H,25,28). The summed E-state index contributed by atoms with van der Waals surface area (Å²) in [4.78, 5) is 32.5. The largest absolute Gasteiger partial charge is 0.573 e. The molecule has 0 saturated carbocycles. The number of hydrogen-bond acceptors (Lipinski definition) is 5. The van der Waals surface area contributed by atoms with Crippen LogP contribution in [0, 0.1) is 6.92 Å². The van der Waals surface area contributed by atoms with E-state index in [1.807, 2.05) is 11.8 Å². The average molecular weight is 422 g/mol. The first kappa shape index (κ1) is 21.6. The van der Waals surface area contributed by atoms with E-state index in [0.717, 1.165) is 17.8 Å². The minimum atomic E-state index is -4.76. The molecule has 0 atom stereocenters. The number of hydrogen-bond donors (Lipinski definition) is 1. The molecule has 0 unspecified atom stereocenters. The predicted octanol–water partition coefficient (Wildman–Crippen LogP) is 2.69. The third-order valence-electron chi connectivity index (χ3n) is 4.56. The number of alkyl halides is 3. The fourth-order valence-corrected chi connectivity index (χ4v) is 3.03. The first-order valence-electron chi connectivity index (χ1n) is 9.29. The molecule has 1 aromatic heterocycles. The molecule has 3 rings (SSSR count). The van der Waals surface area contributed by atoms with Gasteiger partial charge in [0.25, 0.3) is 5.91 Å². The molecule has 1 aliphatic heterocycles. The van der Waals surface area contributed by atoms with Crippen molar-refractivity contribution in [2.75, 3.05) is 38.0 Å². The van der Waals surface area contributed by atoms with Crippen molar-refractivity contribution >= 4 is 17.5 Å². The Morgan fingerprint density at radius 3 is 2.30 bits per heavy atom. The van der Waals surface area contributed by atoms with E-state index in [0.29, 0.717) is 37.4 Å². The highest BCUT2D eigenvalue weighted by atomic mass is 19.4. The van der Waals surface area contributed by atoms with E-state index in [1.165, 1.54) is 12.1 Å². The number of aryl methyl sites for hydroxylation is 1. The lowest BCUT2D eigenvalue weighted by Crippen LogP contribution is -2.50. The van der Waals surface area contributed by atoms with Crippen LogP contribution >= 0.6 is 0 Å². The molecular weight excluding hydrogens is 401 g/mol. The van der Waals surface area contributed by atoms with Gasteiger partial charge in [-0.3, -0.25) is 19.5 Å². The summed E-state index contributed by atoms with van der Waals surface area (Å²) in [7, 11) is 0. The number of amides is 2. The Hall–Kier alpha value is -3.14. The molecule has 0 bridgehead atoms. The van der Waals surface area contributed by atoms with Gasteiger partial charge in [-0.05, 0) is 43.3 Å². The quantitative estimate of drug-likeness (QED) is 0.802. The number of ether oxygens (including phenoxy) is 1. The zero-order chi connectivity index (χ0) is 21.7.